The molecule has 2 unspecified atom stereocenters. The van der Waals surface area contributed by atoms with Gasteiger partial charge in [-0.25, -0.2) is 0 Å². The van der Waals surface area contributed by atoms with E-state index in [-0.39, 0.29) is 11.8 Å². The predicted octanol–water partition coefficient (Wildman–Crippen LogP) is -0.253. The number of nitrogens with one attached hydrogen (secondary N) is 2. The van der Waals surface area contributed by atoms with Crippen molar-refractivity contribution in [3.05, 3.63) is 0 Å². The van der Waals surface area contributed by atoms with Gasteiger partial charge in [0.25, 0.3) is 0 Å². The Balaban J connectivity index is 1.49. The van der Waals surface area contributed by atoms with Gasteiger partial charge in [0.05, 0.1) is 0 Å². The fraction of sp³-hybridized carbons (Fsp3) is 0.909. The molecule has 1 aliphatic carbocycles. The van der Waals surface area contributed by atoms with E-state index in [2.05, 4.69) is 10.6 Å². The number of carbonyl (C=O) groups excluding carboxylic acids is 1. The lowest BCUT2D eigenvalue weighted by atomic mass is 9.99. The van der Waals surface area contributed by atoms with Crippen molar-refractivity contribution in [1.82, 2.24) is 10.6 Å². The minimum Gasteiger partial charge on any atom is -0.381 e. The topological polar surface area (TPSA) is 50.4 Å². The second-order valence-electron chi connectivity index (χ2n) is 4.91. The van der Waals surface area contributed by atoms with Crippen molar-refractivity contribution in [2.45, 2.75) is 18.9 Å². The summed E-state index contributed by atoms with van der Waals surface area (Å²) in [5.41, 5.74) is 0. The highest BCUT2D eigenvalue weighted by Gasteiger charge is 2.53. The van der Waals surface area contributed by atoms with E-state index in [0.717, 1.165) is 39.1 Å². The highest BCUT2D eigenvalue weighted by atomic mass is 16.5. The van der Waals surface area contributed by atoms with Gasteiger partial charge in [0.2, 0.25) is 5.91 Å². The summed E-state index contributed by atoms with van der Waals surface area (Å²) in [5.74, 6) is 1.90. The maximum absolute atomic E-state index is 11.9. The minimum atomic E-state index is 0.202. The Hall–Kier alpha value is -0.610. The molecule has 15 heavy (non-hydrogen) atoms. The first-order chi connectivity index (χ1) is 7.36. The average Bonchev–Trinajstić information content (AvgIpc) is 2.75. The number of carbonyl (C=O) groups is 1. The van der Waals surface area contributed by atoms with Crippen LogP contribution in [0.25, 0.3) is 0 Å². The van der Waals surface area contributed by atoms with Crippen LogP contribution in [0.5, 0.6) is 0 Å². The molecule has 84 valence electrons. The Morgan fingerprint density at radius 2 is 1.87 bits per heavy atom. The summed E-state index contributed by atoms with van der Waals surface area (Å²) in [6.45, 7) is 3.67. The average molecular weight is 210 g/mol. The van der Waals surface area contributed by atoms with Crippen molar-refractivity contribution in [2.24, 2.45) is 17.8 Å². The third-order valence-electron chi connectivity index (χ3n) is 3.99. The van der Waals surface area contributed by atoms with Crippen LogP contribution in [0.4, 0.5) is 0 Å². The molecule has 3 rings (SSSR count). The van der Waals surface area contributed by atoms with E-state index >= 15 is 0 Å². The highest BCUT2D eigenvalue weighted by Crippen LogP contribution is 2.41. The second kappa shape index (κ2) is 3.76. The van der Waals surface area contributed by atoms with Crippen molar-refractivity contribution in [3.63, 3.8) is 0 Å². The fourth-order valence-electron chi connectivity index (χ4n) is 2.87. The molecule has 2 saturated heterocycles. The number of piperidine rings is 1. The number of hydrogen-bond acceptors (Lipinski definition) is 3. The van der Waals surface area contributed by atoms with E-state index < -0.39 is 0 Å². The van der Waals surface area contributed by atoms with Gasteiger partial charge >= 0.3 is 0 Å². The summed E-state index contributed by atoms with van der Waals surface area (Å²) in [4.78, 5) is 11.9. The molecule has 1 saturated carbocycles. The summed E-state index contributed by atoms with van der Waals surface area (Å²) < 4.78 is 5.26. The molecule has 4 nitrogen and oxygen atoms in total. The highest BCUT2D eigenvalue weighted by molar-refractivity contribution is 5.79. The molecule has 3 fully saturated rings. The van der Waals surface area contributed by atoms with Gasteiger partial charge < -0.3 is 15.4 Å². The Kier molecular flexibility index (Phi) is 2.41. The molecule has 0 bridgehead atoms. The number of amides is 1. The quantitative estimate of drug-likeness (QED) is 0.660. The van der Waals surface area contributed by atoms with Crippen molar-refractivity contribution in [3.8, 4) is 0 Å². The van der Waals surface area contributed by atoms with E-state index in [0.29, 0.717) is 17.9 Å². The van der Waals surface area contributed by atoms with E-state index in [4.69, 9.17) is 4.74 Å². The Bertz CT molecular complexity index is 253. The van der Waals surface area contributed by atoms with Gasteiger partial charge in [0.15, 0.2) is 0 Å². The maximum atomic E-state index is 11.9. The lowest BCUT2D eigenvalue weighted by Crippen LogP contribution is -2.38. The number of fused-ring (bicyclic) bond motifs is 1. The van der Waals surface area contributed by atoms with E-state index in [1.807, 2.05) is 0 Å². The van der Waals surface area contributed by atoms with Crippen molar-refractivity contribution in [2.75, 3.05) is 26.3 Å². The molecule has 4 heteroatoms. The monoisotopic (exact) mass is 210 g/mol. The molecule has 3 aliphatic rings. The van der Waals surface area contributed by atoms with Gasteiger partial charge in [-0.1, -0.05) is 0 Å². The zero-order valence-electron chi connectivity index (χ0n) is 8.87. The van der Waals surface area contributed by atoms with Crippen LogP contribution in [-0.4, -0.2) is 38.3 Å². The third-order valence-corrected chi connectivity index (χ3v) is 3.99. The standard InChI is InChI=1S/C11H18N2O2/c14-11(7-1-3-15-4-2-7)13-10-8-5-12-6-9(8)10/h7-10,12H,1-6H2,(H,13,14). The van der Waals surface area contributed by atoms with E-state index in [1.54, 1.807) is 0 Å². The number of ether oxygens (including phenoxy) is 1. The summed E-state index contributed by atoms with van der Waals surface area (Å²) in [6.07, 6.45) is 1.79. The molecule has 2 heterocycles. The van der Waals surface area contributed by atoms with Crippen LogP contribution >= 0.6 is 0 Å². The number of rotatable bonds is 2. The zero-order valence-corrected chi connectivity index (χ0v) is 8.87. The third kappa shape index (κ3) is 1.76. The van der Waals surface area contributed by atoms with Crippen LogP contribution in [-0.2, 0) is 9.53 Å². The lowest BCUT2D eigenvalue weighted by molar-refractivity contribution is -0.128. The smallest absolute Gasteiger partial charge is 0.223 e. The first kappa shape index (κ1) is 9.60. The van der Waals surface area contributed by atoms with Crippen molar-refractivity contribution >= 4 is 5.91 Å². The van der Waals surface area contributed by atoms with Gasteiger partial charge in [0, 0.05) is 38.3 Å². The predicted molar refractivity (Wildman–Crippen MR) is 55.3 cm³/mol. The molecule has 2 atom stereocenters. The second-order valence-corrected chi connectivity index (χ2v) is 4.91. The molecule has 1 amide bonds. The van der Waals surface area contributed by atoms with E-state index in [9.17, 15) is 4.79 Å². The number of hydrogen-bond donors (Lipinski definition) is 2. The van der Waals surface area contributed by atoms with Gasteiger partial charge in [0.1, 0.15) is 0 Å². The molecule has 2 N–H and O–H groups in total. The molecule has 0 aromatic carbocycles. The normalized spacial score (nSPS) is 39.9. The van der Waals surface area contributed by atoms with Crippen LogP contribution < -0.4 is 10.6 Å². The Morgan fingerprint density at radius 1 is 1.20 bits per heavy atom. The minimum absolute atomic E-state index is 0.202. The summed E-state index contributed by atoms with van der Waals surface area (Å²) >= 11 is 0. The first-order valence-corrected chi connectivity index (χ1v) is 5.95. The molecule has 0 aromatic rings. The van der Waals surface area contributed by atoms with Gasteiger partial charge in [-0.2, -0.15) is 0 Å². The van der Waals surface area contributed by atoms with Crippen molar-refractivity contribution < 1.29 is 9.53 Å². The molecule has 0 aromatic heterocycles. The van der Waals surface area contributed by atoms with Crippen LogP contribution in [0.3, 0.4) is 0 Å². The van der Waals surface area contributed by atoms with Crippen LogP contribution in [0.1, 0.15) is 12.8 Å². The van der Waals surface area contributed by atoms with Gasteiger partial charge in [-0.05, 0) is 24.7 Å². The Morgan fingerprint density at radius 3 is 2.53 bits per heavy atom. The van der Waals surface area contributed by atoms with E-state index in [1.165, 1.54) is 0 Å². The van der Waals surface area contributed by atoms with Crippen LogP contribution in [0.15, 0.2) is 0 Å². The zero-order chi connectivity index (χ0) is 10.3. The molecular formula is C11H18N2O2. The SMILES string of the molecule is O=C(NC1C2CNCC21)C1CCOCC1. The van der Waals surface area contributed by atoms with Crippen LogP contribution in [0, 0.1) is 17.8 Å². The van der Waals surface area contributed by atoms with Gasteiger partial charge in [-0.15, -0.1) is 0 Å². The Labute approximate surface area is 89.7 Å². The molecule has 0 spiro atoms. The first-order valence-electron chi connectivity index (χ1n) is 5.95. The lowest BCUT2D eigenvalue weighted by Gasteiger charge is -2.21. The molecule has 2 aliphatic heterocycles. The van der Waals surface area contributed by atoms with Gasteiger partial charge in [-0.3, -0.25) is 4.79 Å². The molecular weight excluding hydrogens is 192 g/mol. The fourth-order valence-corrected chi connectivity index (χ4v) is 2.87. The summed E-state index contributed by atoms with van der Waals surface area (Å²) in [7, 11) is 0. The van der Waals surface area contributed by atoms with Crippen LogP contribution in [0.2, 0.25) is 0 Å². The summed E-state index contributed by atoms with van der Waals surface area (Å²) in [5, 5.41) is 6.52. The largest absolute Gasteiger partial charge is 0.381 e. The molecule has 0 radical (unpaired) electrons. The van der Waals surface area contributed by atoms with Crippen molar-refractivity contribution in [1.29, 1.82) is 0 Å². The summed E-state index contributed by atoms with van der Waals surface area (Å²) in [6, 6.07) is 0.474. The maximum Gasteiger partial charge on any atom is 0.223 e.